The van der Waals surface area contributed by atoms with Crippen molar-refractivity contribution in [3.05, 3.63) is 12.2 Å². The van der Waals surface area contributed by atoms with Crippen molar-refractivity contribution in [2.45, 2.75) is 19.3 Å². The van der Waals surface area contributed by atoms with Crippen LogP contribution in [0.3, 0.4) is 0 Å². The maximum absolute atomic E-state index is 10.1. The summed E-state index contributed by atoms with van der Waals surface area (Å²) in [5.74, 6) is -0.974. The van der Waals surface area contributed by atoms with Gasteiger partial charge in [-0.15, -0.1) is 0 Å². The molecule has 0 bridgehead atoms. The van der Waals surface area contributed by atoms with Gasteiger partial charge in [0.15, 0.2) is 0 Å². The Kier molecular flexibility index (Phi) is 3.97. The first kappa shape index (κ1) is 8.70. The molecule has 0 aliphatic rings. The van der Waals surface area contributed by atoms with Gasteiger partial charge >= 0.3 is 5.97 Å². The zero-order chi connectivity index (χ0) is 7.98. The molecule has 0 unspecified atom stereocenters. The van der Waals surface area contributed by atoms with E-state index in [1.165, 1.54) is 0 Å². The molecule has 0 aromatic heterocycles. The van der Waals surface area contributed by atoms with Crippen LogP contribution >= 0.6 is 0 Å². The standard InChI is InChI=1S/C7H9NO2/c1-6(7(9)10)4-2-3-5-8/h1-4H2,(H,9,10). The third-order valence-corrected chi connectivity index (χ3v) is 1.07. The number of unbranched alkanes of at least 4 members (excludes halogenated alkanes) is 1. The fraction of sp³-hybridized carbons (Fsp3) is 0.429. The number of hydrogen-bond acceptors (Lipinski definition) is 2. The van der Waals surface area contributed by atoms with E-state index in [1.807, 2.05) is 6.07 Å². The number of rotatable bonds is 4. The largest absolute Gasteiger partial charge is 0.478 e. The Hall–Kier alpha value is -1.30. The Bertz CT molecular complexity index is 179. The molecule has 0 radical (unpaired) electrons. The van der Waals surface area contributed by atoms with Crippen molar-refractivity contribution in [2.75, 3.05) is 0 Å². The summed E-state index contributed by atoms with van der Waals surface area (Å²) in [7, 11) is 0. The Morgan fingerprint density at radius 3 is 2.70 bits per heavy atom. The minimum absolute atomic E-state index is 0.176. The predicted molar refractivity (Wildman–Crippen MR) is 36.2 cm³/mol. The fourth-order valence-electron chi connectivity index (χ4n) is 0.488. The highest BCUT2D eigenvalue weighted by Crippen LogP contribution is 2.03. The summed E-state index contributed by atoms with van der Waals surface area (Å²) in [6.45, 7) is 3.32. The van der Waals surface area contributed by atoms with Crippen LogP contribution in [0.1, 0.15) is 19.3 Å². The molecule has 0 atom stereocenters. The number of nitriles is 1. The molecule has 0 amide bonds. The van der Waals surface area contributed by atoms with Crippen LogP contribution in [-0.2, 0) is 4.79 Å². The van der Waals surface area contributed by atoms with Crippen molar-refractivity contribution < 1.29 is 9.90 Å². The van der Waals surface area contributed by atoms with Gasteiger partial charge in [-0.3, -0.25) is 0 Å². The minimum Gasteiger partial charge on any atom is -0.478 e. The summed E-state index contributed by atoms with van der Waals surface area (Å²) in [6, 6.07) is 1.93. The average Bonchev–Trinajstić information content (AvgIpc) is 1.88. The molecule has 0 heterocycles. The molecule has 0 aliphatic carbocycles. The van der Waals surface area contributed by atoms with Gasteiger partial charge < -0.3 is 5.11 Å². The van der Waals surface area contributed by atoms with E-state index in [9.17, 15) is 4.79 Å². The molecule has 54 valence electrons. The monoisotopic (exact) mass is 139 g/mol. The summed E-state index contributed by atoms with van der Waals surface area (Å²) in [6.07, 6.45) is 1.39. The van der Waals surface area contributed by atoms with Crippen molar-refractivity contribution in [2.24, 2.45) is 0 Å². The number of nitrogens with zero attached hydrogens (tertiary/aromatic N) is 1. The second kappa shape index (κ2) is 4.57. The Morgan fingerprint density at radius 1 is 1.70 bits per heavy atom. The number of hydrogen-bond donors (Lipinski definition) is 1. The van der Waals surface area contributed by atoms with Gasteiger partial charge in [-0.25, -0.2) is 4.79 Å². The Labute approximate surface area is 59.6 Å². The first-order valence-electron chi connectivity index (χ1n) is 2.96. The molecule has 0 saturated carbocycles. The van der Waals surface area contributed by atoms with Crippen LogP contribution in [0.5, 0.6) is 0 Å². The zero-order valence-electron chi connectivity index (χ0n) is 5.63. The third kappa shape index (κ3) is 3.67. The molecule has 0 rings (SSSR count). The van der Waals surface area contributed by atoms with Gasteiger partial charge in [0.25, 0.3) is 0 Å². The van der Waals surface area contributed by atoms with Crippen molar-refractivity contribution in [3.8, 4) is 6.07 Å². The molecule has 10 heavy (non-hydrogen) atoms. The van der Waals surface area contributed by atoms with Crippen LogP contribution in [-0.4, -0.2) is 11.1 Å². The lowest BCUT2D eigenvalue weighted by molar-refractivity contribution is -0.132. The Morgan fingerprint density at radius 2 is 2.30 bits per heavy atom. The van der Waals surface area contributed by atoms with Crippen molar-refractivity contribution in [3.63, 3.8) is 0 Å². The first-order valence-corrected chi connectivity index (χ1v) is 2.96. The summed E-state index contributed by atoms with van der Waals surface area (Å²) in [4.78, 5) is 10.1. The van der Waals surface area contributed by atoms with Crippen LogP contribution in [0.2, 0.25) is 0 Å². The van der Waals surface area contributed by atoms with Gasteiger partial charge in [0.05, 0.1) is 6.07 Å². The second-order valence-electron chi connectivity index (χ2n) is 1.92. The second-order valence-corrected chi connectivity index (χ2v) is 1.92. The van der Waals surface area contributed by atoms with Crippen LogP contribution in [0.15, 0.2) is 12.2 Å². The number of carboxylic acids is 1. The van der Waals surface area contributed by atoms with Crippen molar-refractivity contribution in [1.82, 2.24) is 0 Å². The van der Waals surface area contributed by atoms with Crippen molar-refractivity contribution in [1.29, 1.82) is 5.26 Å². The highest BCUT2D eigenvalue weighted by molar-refractivity contribution is 5.85. The molecule has 0 spiro atoms. The van der Waals surface area contributed by atoms with Crippen LogP contribution < -0.4 is 0 Å². The zero-order valence-corrected chi connectivity index (χ0v) is 5.63. The highest BCUT2D eigenvalue weighted by atomic mass is 16.4. The molecule has 3 nitrogen and oxygen atoms in total. The summed E-state index contributed by atoms with van der Waals surface area (Å²) >= 11 is 0. The predicted octanol–water partition coefficient (Wildman–Crippen LogP) is 1.32. The van der Waals surface area contributed by atoms with E-state index in [0.717, 1.165) is 0 Å². The van der Waals surface area contributed by atoms with Gasteiger partial charge in [-0.1, -0.05) is 6.58 Å². The van der Waals surface area contributed by atoms with Gasteiger partial charge in [-0.05, 0) is 12.8 Å². The van der Waals surface area contributed by atoms with E-state index < -0.39 is 5.97 Å². The van der Waals surface area contributed by atoms with Gasteiger partial charge in [0.2, 0.25) is 0 Å². The maximum Gasteiger partial charge on any atom is 0.330 e. The average molecular weight is 139 g/mol. The number of carbonyl (C=O) groups is 1. The molecule has 0 aliphatic heterocycles. The summed E-state index contributed by atoms with van der Waals surface area (Å²) < 4.78 is 0. The van der Waals surface area contributed by atoms with E-state index in [-0.39, 0.29) is 5.57 Å². The number of aliphatic carboxylic acids is 1. The molecule has 0 aromatic carbocycles. The SMILES string of the molecule is C=C(CCCC#N)C(=O)O. The van der Waals surface area contributed by atoms with E-state index >= 15 is 0 Å². The lowest BCUT2D eigenvalue weighted by atomic mass is 10.1. The fourth-order valence-corrected chi connectivity index (χ4v) is 0.488. The normalized spacial score (nSPS) is 8.30. The summed E-state index contributed by atoms with van der Waals surface area (Å²) in [5, 5.41) is 16.4. The molecule has 0 fully saturated rings. The topological polar surface area (TPSA) is 61.1 Å². The third-order valence-electron chi connectivity index (χ3n) is 1.07. The molecule has 3 heteroatoms. The van der Waals surface area contributed by atoms with E-state index in [1.54, 1.807) is 0 Å². The lowest BCUT2D eigenvalue weighted by Gasteiger charge is -1.94. The van der Waals surface area contributed by atoms with Gasteiger partial charge in [0, 0.05) is 12.0 Å². The van der Waals surface area contributed by atoms with Crippen molar-refractivity contribution >= 4 is 5.97 Å². The van der Waals surface area contributed by atoms with Gasteiger partial charge in [-0.2, -0.15) is 5.26 Å². The van der Waals surface area contributed by atoms with Crippen LogP contribution in [0.4, 0.5) is 0 Å². The van der Waals surface area contributed by atoms with E-state index in [0.29, 0.717) is 19.3 Å². The quantitative estimate of drug-likeness (QED) is 0.472. The molecular weight excluding hydrogens is 130 g/mol. The number of carboxylic acid groups (broad SMARTS) is 1. The molecule has 0 saturated heterocycles. The smallest absolute Gasteiger partial charge is 0.330 e. The minimum atomic E-state index is -0.974. The first-order chi connectivity index (χ1) is 4.68. The molecule has 1 N–H and O–H groups in total. The molecule has 0 aromatic rings. The highest BCUT2D eigenvalue weighted by Gasteiger charge is 2.01. The lowest BCUT2D eigenvalue weighted by Crippen LogP contribution is -1.97. The van der Waals surface area contributed by atoms with Crippen LogP contribution in [0, 0.1) is 11.3 Å². The Balaban J connectivity index is 3.43. The summed E-state index contributed by atoms with van der Waals surface area (Å²) in [5.41, 5.74) is 0.176. The van der Waals surface area contributed by atoms with E-state index in [2.05, 4.69) is 6.58 Å². The van der Waals surface area contributed by atoms with Gasteiger partial charge in [0.1, 0.15) is 0 Å². The van der Waals surface area contributed by atoms with E-state index in [4.69, 9.17) is 10.4 Å². The van der Waals surface area contributed by atoms with Crippen LogP contribution in [0.25, 0.3) is 0 Å². The maximum atomic E-state index is 10.1. The molecular formula is C7H9NO2.